The van der Waals surface area contributed by atoms with E-state index < -0.39 is 11.7 Å². The third kappa shape index (κ3) is 6.88. The van der Waals surface area contributed by atoms with Crippen LogP contribution in [0, 0.1) is 5.92 Å². The molecule has 0 radical (unpaired) electrons. The van der Waals surface area contributed by atoms with E-state index in [1.807, 2.05) is 20.8 Å². The average Bonchev–Trinajstić information content (AvgIpc) is 3.59. The molecular weight excluding hydrogens is 444 g/mol. The number of amides is 2. The van der Waals surface area contributed by atoms with Gasteiger partial charge in [-0.2, -0.15) is 0 Å². The number of benzene rings is 1. The van der Waals surface area contributed by atoms with Gasteiger partial charge < -0.3 is 29.9 Å². The summed E-state index contributed by atoms with van der Waals surface area (Å²) in [6.07, 6.45) is 3.36. The summed E-state index contributed by atoms with van der Waals surface area (Å²) >= 11 is 0. The number of ether oxygens (including phenoxy) is 2. The predicted octanol–water partition coefficient (Wildman–Crippen LogP) is 3.12. The van der Waals surface area contributed by atoms with Crippen molar-refractivity contribution in [2.24, 2.45) is 5.92 Å². The van der Waals surface area contributed by atoms with Crippen molar-refractivity contribution in [3.63, 3.8) is 0 Å². The second-order valence-corrected chi connectivity index (χ2v) is 11.2. The number of rotatable bonds is 9. The Morgan fingerprint density at radius 2 is 1.97 bits per heavy atom. The molecule has 2 amide bonds. The Morgan fingerprint density at radius 3 is 2.69 bits per heavy atom. The Bertz CT molecular complexity index is 882. The molecule has 2 heterocycles. The van der Waals surface area contributed by atoms with Gasteiger partial charge in [0.2, 0.25) is 5.91 Å². The van der Waals surface area contributed by atoms with Gasteiger partial charge in [0.05, 0.1) is 5.92 Å². The van der Waals surface area contributed by atoms with Crippen molar-refractivity contribution in [3.05, 3.63) is 29.8 Å². The fourth-order valence-corrected chi connectivity index (χ4v) is 5.34. The van der Waals surface area contributed by atoms with E-state index in [0.717, 1.165) is 45.5 Å². The molecule has 1 unspecified atom stereocenters. The second-order valence-electron chi connectivity index (χ2n) is 11.2. The van der Waals surface area contributed by atoms with Crippen molar-refractivity contribution in [2.45, 2.75) is 70.1 Å². The molecule has 194 valence electrons. The molecule has 0 aromatic heterocycles. The van der Waals surface area contributed by atoms with E-state index in [9.17, 15) is 9.59 Å². The maximum absolute atomic E-state index is 13.7. The minimum absolute atomic E-state index is 0.114. The van der Waals surface area contributed by atoms with Gasteiger partial charge in [0, 0.05) is 70.1 Å². The summed E-state index contributed by atoms with van der Waals surface area (Å²) < 4.78 is 10.7. The first-order chi connectivity index (χ1) is 16.7. The Labute approximate surface area is 209 Å². The third-order valence-electron chi connectivity index (χ3n) is 7.04. The van der Waals surface area contributed by atoms with Crippen molar-refractivity contribution in [1.29, 1.82) is 0 Å². The molecular formula is C27H42N4O4. The first kappa shape index (κ1) is 25.8. The first-order valence-corrected chi connectivity index (χ1v) is 13.1. The fraction of sp³-hybridized carbons (Fsp3) is 0.704. The lowest BCUT2D eigenvalue weighted by Gasteiger charge is -2.35. The first-order valence-electron chi connectivity index (χ1n) is 13.1. The lowest BCUT2D eigenvalue weighted by molar-refractivity contribution is -0.137. The summed E-state index contributed by atoms with van der Waals surface area (Å²) in [6, 6.07) is 8.85. The Hall–Kier alpha value is -2.32. The molecule has 4 rings (SSSR count). The standard InChI is InChI=1S/C27H42N4O4/c1-27(2,3)35-26(33)29-21-14-19(15-28-16-21)25(32)31(22-10-11-22)18-20-17-30(12-7-13-34-4)24-9-6-5-8-23(20)24/h5-6,8-9,19-22,28H,7,10-18H2,1-4H3,(H,29,33)/t19-,20?,21+/m0/s1. The highest BCUT2D eigenvalue weighted by molar-refractivity contribution is 5.80. The monoisotopic (exact) mass is 486 g/mol. The molecule has 1 saturated heterocycles. The molecule has 0 spiro atoms. The number of methoxy groups -OCH3 is 1. The van der Waals surface area contributed by atoms with E-state index in [4.69, 9.17) is 9.47 Å². The molecule has 1 saturated carbocycles. The molecule has 0 bridgehead atoms. The number of carbonyl (C=O) groups is 2. The highest BCUT2D eigenvalue weighted by Gasteiger charge is 2.40. The van der Waals surface area contributed by atoms with Crippen molar-refractivity contribution < 1.29 is 19.1 Å². The molecule has 3 aliphatic rings. The van der Waals surface area contributed by atoms with Gasteiger partial charge in [0.1, 0.15) is 5.60 Å². The normalized spacial score (nSPS) is 24.1. The van der Waals surface area contributed by atoms with Crippen LogP contribution in [-0.4, -0.2) is 81.0 Å². The number of nitrogens with zero attached hydrogens (tertiary/aromatic N) is 2. The van der Waals surface area contributed by atoms with Crippen LogP contribution in [0.5, 0.6) is 0 Å². The van der Waals surface area contributed by atoms with E-state index in [-0.39, 0.29) is 17.9 Å². The van der Waals surface area contributed by atoms with Crippen LogP contribution in [-0.2, 0) is 14.3 Å². The number of hydrogen-bond acceptors (Lipinski definition) is 6. The molecule has 2 aliphatic heterocycles. The van der Waals surface area contributed by atoms with Crippen LogP contribution in [0.2, 0.25) is 0 Å². The highest BCUT2D eigenvalue weighted by Crippen LogP contribution is 2.39. The summed E-state index contributed by atoms with van der Waals surface area (Å²) in [5.41, 5.74) is 2.09. The van der Waals surface area contributed by atoms with Gasteiger partial charge in [-0.05, 0) is 58.1 Å². The number of para-hydroxylation sites is 1. The summed E-state index contributed by atoms with van der Waals surface area (Å²) in [6.45, 7) is 10.3. The molecule has 1 aromatic rings. The predicted molar refractivity (Wildman–Crippen MR) is 137 cm³/mol. The van der Waals surface area contributed by atoms with Gasteiger partial charge in [-0.1, -0.05) is 18.2 Å². The Morgan fingerprint density at radius 1 is 1.20 bits per heavy atom. The minimum Gasteiger partial charge on any atom is -0.444 e. The number of carbonyl (C=O) groups excluding carboxylic acids is 2. The van der Waals surface area contributed by atoms with Crippen LogP contribution >= 0.6 is 0 Å². The Balaban J connectivity index is 1.39. The van der Waals surface area contributed by atoms with Gasteiger partial charge in [-0.3, -0.25) is 4.79 Å². The van der Waals surface area contributed by atoms with Crippen molar-refractivity contribution in [3.8, 4) is 0 Å². The van der Waals surface area contributed by atoms with Crippen LogP contribution in [0.25, 0.3) is 0 Å². The Kier molecular flexibility index (Phi) is 8.22. The summed E-state index contributed by atoms with van der Waals surface area (Å²) in [7, 11) is 1.74. The minimum atomic E-state index is -0.542. The highest BCUT2D eigenvalue weighted by atomic mass is 16.6. The van der Waals surface area contributed by atoms with Crippen LogP contribution in [0.4, 0.5) is 10.5 Å². The molecule has 8 heteroatoms. The maximum atomic E-state index is 13.7. The van der Waals surface area contributed by atoms with Crippen LogP contribution in [0.1, 0.15) is 57.9 Å². The maximum Gasteiger partial charge on any atom is 0.407 e. The zero-order valence-electron chi connectivity index (χ0n) is 21.7. The van der Waals surface area contributed by atoms with Crippen molar-refractivity contribution in [1.82, 2.24) is 15.5 Å². The average molecular weight is 487 g/mol. The molecule has 2 fully saturated rings. The van der Waals surface area contributed by atoms with Crippen molar-refractivity contribution >= 4 is 17.7 Å². The topological polar surface area (TPSA) is 83.1 Å². The number of nitrogens with one attached hydrogen (secondary N) is 2. The molecule has 1 aliphatic carbocycles. The van der Waals surface area contributed by atoms with Gasteiger partial charge in [-0.25, -0.2) is 4.79 Å². The van der Waals surface area contributed by atoms with Crippen molar-refractivity contribution in [2.75, 3.05) is 51.3 Å². The zero-order chi connectivity index (χ0) is 25.0. The lowest BCUT2D eigenvalue weighted by atomic mass is 9.93. The summed E-state index contributed by atoms with van der Waals surface area (Å²) in [5, 5.41) is 6.30. The van der Waals surface area contributed by atoms with Crippen LogP contribution in [0.15, 0.2) is 24.3 Å². The lowest BCUT2D eigenvalue weighted by Crippen LogP contribution is -2.54. The number of fused-ring (bicyclic) bond motifs is 1. The fourth-order valence-electron chi connectivity index (χ4n) is 5.34. The molecule has 8 nitrogen and oxygen atoms in total. The smallest absolute Gasteiger partial charge is 0.407 e. The molecule has 2 N–H and O–H groups in total. The SMILES string of the molecule is COCCCN1CC(CN(C(=O)[C@@H]2CNC[C@H](NC(=O)OC(C)(C)C)C2)C2CC2)c2ccccc21. The molecule has 35 heavy (non-hydrogen) atoms. The summed E-state index contributed by atoms with van der Waals surface area (Å²) in [5.74, 6) is 0.385. The van der Waals surface area contributed by atoms with Gasteiger partial charge in [0.25, 0.3) is 0 Å². The number of hydrogen-bond donors (Lipinski definition) is 2. The van der Waals surface area contributed by atoms with Gasteiger partial charge >= 0.3 is 6.09 Å². The van der Waals surface area contributed by atoms with E-state index in [2.05, 4.69) is 44.7 Å². The largest absolute Gasteiger partial charge is 0.444 e. The number of anilines is 1. The quantitative estimate of drug-likeness (QED) is 0.522. The van der Waals surface area contributed by atoms with E-state index >= 15 is 0 Å². The molecule has 3 atom stereocenters. The van der Waals surface area contributed by atoms with E-state index in [1.165, 1.54) is 11.3 Å². The third-order valence-corrected chi connectivity index (χ3v) is 7.04. The second kappa shape index (κ2) is 11.2. The van der Waals surface area contributed by atoms with Crippen LogP contribution in [0.3, 0.4) is 0 Å². The molecule has 1 aromatic carbocycles. The van der Waals surface area contributed by atoms with E-state index in [0.29, 0.717) is 31.5 Å². The van der Waals surface area contributed by atoms with E-state index in [1.54, 1.807) is 7.11 Å². The number of alkyl carbamates (subject to hydrolysis) is 1. The summed E-state index contributed by atoms with van der Waals surface area (Å²) in [4.78, 5) is 30.6. The zero-order valence-corrected chi connectivity index (χ0v) is 21.7. The van der Waals surface area contributed by atoms with Gasteiger partial charge in [0.15, 0.2) is 0 Å². The van der Waals surface area contributed by atoms with Gasteiger partial charge in [-0.15, -0.1) is 0 Å². The van der Waals surface area contributed by atoms with Crippen LogP contribution < -0.4 is 15.5 Å². The number of piperidine rings is 1.